The number of carbonyl (C=O) groups excluding carboxylic acids is 1. The number of nitrogens with one attached hydrogen (secondary N) is 2. The van der Waals surface area contributed by atoms with Crippen LogP contribution in [0.15, 0.2) is 54.6 Å². The van der Waals surface area contributed by atoms with E-state index < -0.39 is 0 Å². The van der Waals surface area contributed by atoms with Crippen molar-refractivity contribution in [3.63, 3.8) is 0 Å². The van der Waals surface area contributed by atoms with Crippen molar-refractivity contribution in [3.05, 3.63) is 71.4 Å². The van der Waals surface area contributed by atoms with Crippen molar-refractivity contribution < 1.29 is 9.53 Å². The van der Waals surface area contributed by atoms with Gasteiger partial charge in [0.15, 0.2) is 0 Å². The first kappa shape index (κ1) is 17.4. The second-order valence-corrected chi connectivity index (χ2v) is 5.91. The van der Waals surface area contributed by atoms with Gasteiger partial charge >= 0.3 is 5.97 Å². The summed E-state index contributed by atoms with van der Waals surface area (Å²) in [6, 6.07) is 16.9. The molecule has 0 bridgehead atoms. The minimum absolute atomic E-state index is 0.380. The summed E-state index contributed by atoms with van der Waals surface area (Å²) in [5, 5.41) is 6.42. The van der Waals surface area contributed by atoms with Crippen LogP contribution in [0.25, 0.3) is 0 Å². The van der Waals surface area contributed by atoms with E-state index in [4.69, 9.17) is 4.74 Å². The summed E-state index contributed by atoms with van der Waals surface area (Å²) in [4.78, 5) is 20.6. The van der Waals surface area contributed by atoms with Gasteiger partial charge in [-0.05, 0) is 49.7 Å². The predicted molar refractivity (Wildman–Crippen MR) is 102 cm³/mol. The fraction of sp³-hybridized carbons (Fsp3) is 0.150. The first-order chi connectivity index (χ1) is 12.5. The van der Waals surface area contributed by atoms with Crippen molar-refractivity contribution in [2.45, 2.75) is 13.8 Å². The van der Waals surface area contributed by atoms with Gasteiger partial charge in [0.25, 0.3) is 0 Å². The average molecular weight is 348 g/mol. The lowest BCUT2D eigenvalue weighted by Crippen LogP contribution is -2.04. The smallest absolute Gasteiger partial charge is 0.337 e. The van der Waals surface area contributed by atoms with Crippen molar-refractivity contribution in [1.29, 1.82) is 0 Å². The molecule has 3 rings (SSSR count). The van der Waals surface area contributed by atoms with Crippen molar-refractivity contribution >= 4 is 29.1 Å². The Morgan fingerprint density at radius 1 is 0.923 bits per heavy atom. The number of methoxy groups -OCH3 is 1. The van der Waals surface area contributed by atoms with Crippen molar-refractivity contribution in [3.8, 4) is 0 Å². The zero-order chi connectivity index (χ0) is 18.5. The SMILES string of the molecule is COC(=O)c1cccc(Nc2cc(C)nc(Nc3cccc(C)c3)n2)c1. The fourth-order valence-corrected chi connectivity index (χ4v) is 2.53. The van der Waals surface area contributed by atoms with E-state index in [9.17, 15) is 4.79 Å². The Labute approximate surface area is 152 Å². The van der Waals surface area contributed by atoms with Crippen molar-refractivity contribution in [1.82, 2.24) is 9.97 Å². The van der Waals surface area contributed by atoms with Crippen LogP contribution in [0.4, 0.5) is 23.1 Å². The number of esters is 1. The van der Waals surface area contributed by atoms with E-state index in [0.29, 0.717) is 17.3 Å². The Morgan fingerprint density at radius 3 is 2.38 bits per heavy atom. The molecular formula is C20H20N4O2. The molecule has 3 aromatic rings. The Hall–Kier alpha value is -3.41. The van der Waals surface area contributed by atoms with Gasteiger partial charge in [-0.1, -0.05) is 18.2 Å². The molecule has 1 heterocycles. The predicted octanol–water partition coefficient (Wildman–Crippen LogP) is 4.37. The van der Waals surface area contributed by atoms with Crippen LogP contribution >= 0.6 is 0 Å². The first-order valence-electron chi connectivity index (χ1n) is 8.18. The van der Waals surface area contributed by atoms with Crippen LogP contribution in [-0.2, 0) is 4.74 Å². The molecule has 0 aliphatic heterocycles. The van der Waals surface area contributed by atoms with Crippen LogP contribution in [0.5, 0.6) is 0 Å². The third kappa shape index (κ3) is 4.36. The van der Waals surface area contributed by atoms with E-state index in [1.165, 1.54) is 7.11 Å². The van der Waals surface area contributed by atoms with Gasteiger partial charge in [0.05, 0.1) is 12.7 Å². The lowest BCUT2D eigenvalue weighted by molar-refractivity contribution is 0.0601. The van der Waals surface area contributed by atoms with Crippen LogP contribution in [0.1, 0.15) is 21.6 Å². The van der Waals surface area contributed by atoms with Gasteiger partial charge in [0.1, 0.15) is 5.82 Å². The van der Waals surface area contributed by atoms with E-state index in [1.54, 1.807) is 18.2 Å². The van der Waals surface area contributed by atoms with Crippen LogP contribution in [0.2, 0.25) is 0 Å². The number of rotatable bonds is 5. The number of carbonyl (C=O) groups is 1. The highest BCUT2D eigenvalue weighted by molar-refractivity contribution is 5.90. The van der Waals surface area contributed by atoms with E-state index in [0.717, 1.165) is 22.6 Å². The highest BCUT2D eigenvalue weighted by Crippen LogP contribution is 2.20. The van der Waals surface area contributed by atoms with Crippen LogP contribution in [0, 0.1) is 13.8 Å². The molecular weight excluding hydrogens is 328 g/mol. The maximum Gasteiger partial charge on any atom is 0.337 e. The summed E-state index contributed by atoms with van der Waals surface area (Å²) in [7, 11) is 1.36. The summed E-state index contributed by atoms with van der Waals surface area (Å²) >= 11 is 0. The van der Waals surface area contributed by atoms with Crippen LogP contribution < -0.4 is 10.6 Å². The minimum Gasteiger partial charge on any atom is -0.465 e. The number of aryl methyl sites for hydroxylation is 2. The minimum atomic E-state index is -0.380. The molecule has 26 heavy (non-hydrogen) atoms. The second-order valence-electron chi connectivity index (χ2n) is 5.91. The van der Waals surface area contributed by atoms with Crippen LogP contribution in [0.3, 0.4) is 0 Å². The molecule has 0 radical (unpaired) electrons. The topological polar surface area (TPSA) is 76.1 Å². The Balaban J connectivity index is 1.83. The number of anilines is 4. The number of ether oxygens (including phenoxy) is 1. The molecule has 132 valence electrons. The maximum atomic E-state index is 11.7. The summed E-state index contributed by atoms with van der Waals surface area (Å²) < 4.78 is 4.75. The molecule has 6 heteroatoms. The molecule has 0 aliphatic rings. The molecule has 0 saturated heterocycles. The summed E-state index contributed by atoms with van der Waals surface area (Å²) in [6.07, 6.45) is 0. The molecule has 0 unspecified atom stereocenters. The highest BCUT2D eigenvalue weighted by Gasteiger charge is 2.07. The third-order valence-corrected chi connectivity index (χ3v) is 3.68. The van der Waals surface area contributed by atoms with Gasteiger partial charge in [0, 0.05) is 23.1 Å². The van der Waals surface area contributed by atoms with Gasteiger partial charge in [0.2, 0.25) is 5.95 Å². The quantitative estimate of drug-likeness (QED) is 0.667. The molecule has 0 fully saturated rings. The largest absolute Gasteiger partial charge is 0.465 e. The highest BCUT2D eigenvalue weighted by atomic mass is 16.5. The standard InChI is InChI=1S/C20H20N4O2/c1-13-6-4-8-16(10-13)23-20-21-14(2)11-18(24-20)22-17-9-5-7-15(12-17)19(25)26-3/h4-12H,1-3H3,(H2,21,22,23,24). The summed E-state index contributed by atoms with van der Waals surface area (Å²) in [5.74, 6) is 0.756. The van der Waals surface area contributed by atoms with Gasteiger partial charge in [-0.25, -0.2) is 9.78 Å². The molecule has 2 aromatic carbocycles. The molecule has 0 atom stereocenters. The van der Waals surface area contributed by atoms with Gasteiger partial charge in [-0.2, -0.15) is 4.98 Å². The van der Waals surface area contributed by atoms with Crippen LogP contribution in [-0.4, -0.2) is 23.0 Å². The lowest BCUT2D eigenvalue weighted by atomic mass is 10.2. The van der Waals surface area contributed by atoms with Gasteiger partial charge < -0.3 is 15.4 Å². The van der Waals surface area contributed by atoms with Crippen molar-refractivity contribution in [2.24, 2.45) is 0 Å². The molecule has 6 nitrogen and oxygen atoms in total. The van der Waals surface area contributed by atoms with E-state index in [1.807, 2.05) is 50.2 Å². The van der Waals surface area contributed by atoms with Crippen molar-refractivity contribution in [2.75, 3.05) is 17.7 Å². The first-order valence-corrected chi connectivity index (χ1v) is 8.18. The van der Waals surface area contributed by atoms with Gasteiger partial charge in [-0.15, -0.1) is 0 Å². The third-order valence-electron chi connectivity index (χ3n) is 3.68. The lowest BCUT2D eigenvalue weighted by Gasteiger charge is -2.11. The molecule has 1 aromatic heterocycles. The normalized spacial score (nSPS) is 10.3. The molecule has 0 amide bonds. The van der Waals surface area contributed by atoms with E-state index in [-0.39, 0.29) is 5.97 Å². The Bertz CT molecular complexity index is 941. The average Bonchev–Trinajstić information content (AvgIpc) is 2.60. The number of benzene rings is 2. The summed E-state index contributed by atoms with van der Waals surface area (Å²) in [5.41, 5.74) is 4.12. The zero-order valence-corrected chi connectivity index (χ0v) is 14.9. The molecule has 0 spiro atoms. The maximum absolute atomic E-state index is 11.7. The summed E-state index contributed by atoms with van der Waals surface area (Å²) in [6.45, 7) is 3.93. The molecule has 2 N–H and O–H groups in total. The fourth-order valence-electron chi connectivity index (χ4n) is 2.53. The van der Waals surface area contributed by atoms with E-state index in [2.05, 4.69) is 20.6 Å². The monoisotopic (exact) mass is 348 g/mol. The molecule has 0 aliphatic carbocycles. The number of hydrogen-bond acceptors (Lipinski definition) is 6. The number of hydrogen-bond donors (Lipinski definition) is 2. The second kappa shape index (κ2) is 7.65. The Kier molecular flexibility index (Phi) is 5.12. The molecule has 0 saturated carbocycles. The van der Waals surface area contributed by atoms with E-state index >= 15 is 0 Å². The Morgan fingerprint density at radius 2 is 1.65 bits per heavy atom. The van der Waals surface area contributed by atoms with Gasteiger partial charge in [-0.3, -0.25) is 0 Å². The number of nitrogens with zero attached hydrogens (tertiary/aromatic N) is 2. The zero-order valence-electron chi connectivity index (χ0n) is 14.9. The number of aromatic nitrogens is 2.